The molecule has 0 saturated heterocycles. The molecule has 55 heavy (non-hydrogen) atoms. The summed E-state index contributed by atoms with van der Waals surface area (Å²) in [5, 5.41) is 13.5. The van der Waals surface area contributed by atoms with Crippen LogP contribution in [0, 0.1) is 5.92 Å². The third-order valence-electron chi connectivity index (χ3n) is 9.36. The number of methoxy groups -OCH3 is 1. The Bertz CT molecular complexity index is 1870. The Kier molecular flexibility index (Phi) is 15.9. The summed E-state index contributed by atoms with van der Waals surface area (Å²) in [7, 11) is 1.44. The van der Waals surface area contributed by atoms with Gasteiger partial charge in [0, 0.05) is 30.5 Å². The summed E-state index contributed by atoms with van der Waals surface area (Å²) >= 11 is 6.81. The molecule has 5 aromatic rings. The maximum atomic E-state index is 13.0. The topological polar surface area (TPSA) is 92.7 Å². The highest BCUT2D eigenvalue weighted by Crippen LogP contribution is 2.38. The third-order valence-corrected chi connectivity index (χ3v) is 9.73. The number of carbonyl (C=O) groups is 1. The molecule has 0 aliphatic rings. The molecule has 290 valence electrons. The number of benzene rings is 5. The van der Waals surface area contributed by atoms with Gasteiger partial charge >= 0.3 is 5.97 Å². The van der Waals surface area contributed by atoms with E-state index in [-0.39, 0.29) is 26.4 Å². The van der Waals surface area contributed by atoms with E-state index in [1.54, 1.807) is 12.1 Å². The van der Waals surface area contributed by atoms with Crippen molar-refractivity contribution in [2.75, 3.05) is 20.3 Å². The second-order valence-corrected chi connectivity index (χ2v) is 13.9. The van der Waals surface area contributed by atoms with Gasteiger partial charge in [-0.2, -0.15) is 0 Å². The zero-order chi connectivity index (χ0) is 39.0. The SMILES string of the molecule is CCOc1ccc(Cc2cc(C(O)(OC)C(OCc3ccccc3)C(OCc3ccccc3)C(OCc3ccccc3)C(C)COC(C)=O)ccc2Cl)cc1. The first-order chi connectivity index (χ1) is 26.7. The Morgan fingerprint density at radius 1 is 0.709 bits per heavy atom. The van der Waals surface area contributed by atoms with Crippen LogP contribution in [-0.2, 0) is 60.5 Å². The van der Waals surface area contributed by atoms with Gasteiger partial charge in [0.25, 0.3) is 0 Å². The molecular weight excluding hydrogens is 716 g/mol. The van der Waals surface area contributed by atoms with E-state index in [1.165, 1.54) is 14.0 Å². The molecule has 0 aliphatic heterocycles. The van der Waals surface area contributed by atoms with E-state index in [0.717, 1.165) is 33.6 Å². The van der Waals surface area contributed by atoms with Crippen LogP contribution in [0.1, 0.15) is 54.2 Å². The summed E-state index contributed by atoms with van der Waals surface area (Å²) in [6, 6.07) is 42.4. The molecule has 0 spiro atoms. The van der Waals surface area contributed by atoms with Crippen molar-refractivity contribution in [2.45, 2.75) is 71.1 Å². The van der Waals surface area contributed by atoms with Crippen LogP contribution >= 0.6 is 11.6 Å². The molecule has 5 atom stereocenters. The van der Waals surface area contributed by atoms with Crippen molar-refractivity contribution in [1.82, 2.24) is 0 Å². The highest BCUT2D eigenvalue weighted by atomic mass is 35.5. The molecule has 9 heteroatoms. The van der Waals surface area contributed by atoms with Gasteiger partial charge in [-0.15, -0.1) is 0 Å². The lowest BCUT2D eigenvalue weighted by molar-refractivity contribution is -0.306. The first-order valence-electron chi connectivity index (χ1n) is 18.6. The summed E-state index contributed by atoms with van der Waals surface area (Å²) in [5.74, 6) is -2.12. The van der Waals surface area contributed by atoms with Gasteiger partial charge in [-0.05, 0) is 65.4 Å². The molecule has 0 aliphatic carbocycles. The number of esters is 1. The molecule has 0 saturated carbocycles. The second-order valence-electron chi connectivity index (χ2n) is 13.5. The average molecular weight is 767 g/mol. The summed E-state index contributed by atoms with van der Waals surface area (Å²) in [6.45, 7) is 6.39. The first kappa shape index (κ1) is 41.6. The average Bonchev–Trinajstić information content (AvgIpc) is 3.21. The van der Waals surface area contributed by atoms with Gasteiger partial charge in [-0.1, -0.05) is 128 Å². The van der Waals surface area contributed by atoms with Crippen LogP contribution in [0.2, 0.25) is 5.02 Å². The predicted octanol–water partition coefficient (Wildman–Crippen LogP) is 9.08. The molecule has 1 N–H and O–H groups in total. The van der Waals surface area contributed by atoms with Crippen LogP contribution in [-0.4, -0.2) is 49.7 Å². The Hall–Kier alpha value is -4.54. The smallest absolute Gasteiger partial charge is 0.302 e. The van der Waals surface area contributed by atoms with Crippen LogP contribution in [0.3, 0.4) is 0 Å². The van der Waals surface area contributed by atoms with Crippen LogP contribution in [0.15, 0.2) is 133 Å². The van der Waals surface area contributed by atoms with E-state index in [1.807, 2.05) is 135 Å². The van der Waals surface area contributed by atoms with E-state index in [0.29, 0.717) is 23.6 Å². The molecule has 0 aromatic heterocycles. The quantitative estimate of drug-likeness (QED) is 0.0585. The minimum Gasteiger partial charge on any atom is -0.494 e. The van der Waals surface area contributed by atoms with Gasteiger partial charge in [-0.25, -0.2) is 0 Å². The zero-order valence-corrected chi connectivity index (χ0v) is 32.7. The molecule has 0 amide bonds. The number of carbonyl (C=O) groups excluding carboxylic acids is 1. The highest BCUT2D eigenvalue weighted by molar-refractivity contribution is 6.31. The monoisotopic (exact) mass is 766 g/mol. The van der Waals surface area contributed by atoms with Crippen molar-refractivity contribution in [3.63, 3.8) is 0 Å². The number of hydrogen-bond acceptors (Lipinski definition) is 8. The molecule has 5 aromatic carbocycles. The maximum Gasteiger partial charge on any atom is 0.302 e. The van der Waals surface area contributed by atoms with Gasteiger partial charge < -0.3 is 33.5 Å². The zero-order valence-electron chi connectivity index (χ0n) is 31.9. The lowest BCUT2D eigenvalue weighted by Crippen LogP contribution is -2.56. The lowest BCUT2D eigenvalue weighted by Gasteiger charge is -2.43. The maximum absolute atomic E-state index is 13.0. The van der Waals surface area contributed by atoms with Crippen LogP contribution in [0.5, 0.6) is 5.75 Å². The molecule has 5 rings (SSSR count). The Labute approximate surface area is 329 Å². The van der Waals surface area contributed by atoms with Crippen molar-refractivity contribution < 1.29 is 38.3 Å². The van der Waals surface area contributed by atoms with Crippen LogP contribution < -0.4 is 4.74 Å². The molecule has 5 unspecified atom stereocenters. The third kappa shape index (κ3) is 12.0. The largest absolute Gasteiger partial charge is 0.494 e. The Balaban J connectivity index is 1.60. The van der Waals surface area contributed by atoms with Crippen molar-refractivity contribution in [1.29, 1.82) is 0 Å². The molecule has 0 radical (unpaired) electrons. The number of rotatable bonds is 21. The van der Waals surface area contributed by atoms with E-state index in [2.05, 4.69) is 0 Å². The Morgan fingerprint density at radius 2 is 1.24 bits per heavy atom. The van der Waals surface area contributed by atoms with Crippen molar-refractivity contribution in [3.05, 3.63) is 172 Å². The number of halogens is 1. The van der Waals surface area contributed by atoms with Crippen LogP contribution in [0.4, 0.5) is 0 Å². The number of ether oxygens (including phenoxy) is 6. The fourth-order valence-electron chi connectivity index (χ4n) is 6.43. The van der Waals surface area contributed by atoms with Gasteiger partial charge in [0.2, 0.25) is 5.79 Å². The fourth-order valence-corrected chi connectivity index (χ4v) is 6.61. The minimum absolute atomic E-state index is 0.0456. The number of aliphatic hydroxyl groups is 1. The molecule has 0 fully saturated rings. The van der Waals surface area contributed by atoms with Gasteiger partial charge in [0.15, 0.2) is 0 Å². The van der Waals surface area contributed by atoms with E-state index < -0.39 is 36.0 Å². The summed E-state index contributed by atoms with van der Waals surface area (Å²) < 4.78 is 37.7. The lowest BCUT2D eigenvalue weighted by atomic mass is 9.87. The van der Waals surface area contributed by atoms with Crippen LogP contribution in [0.25, 0.3) is 0 Å². The van der Waals surface area contributed by atoms with Crippen molar-refractivity contribution >= 4 is 17.6 Å². The summed E-state index contributed by atoms with van der Waals surface area (Å²) in [6.07, 6.45) is -2.42. The Morgan fingerprint density at radius 3 is 1.75 bits per heavy atom. The normalized spacial score (nSPS) is 14.7. The first-order valence-corrected chi connectivity index (χ1v) is 19.0. The minimum atomic E-state index is -2.08. The fraction of sp³-hybridized carbons (Fsp3) is 0.326. The standard InChI is InChI=1S/C46H51ClO8/c1-5-51-41-24-21-35(22-25-41)27-39-28-40(23-26-42(39)47)46(49,50-4)45(55-32-38-19-13-8-14-20-38)44(54-31-37-17-11-7-12-18-37)43(33(2)29-52-34(3)48)53-30-36-15-9-6-10-16-36/h6-26,28,33,43-45,49H,5,27,29-32H2,1-4H3. The molecule has 0 heterocycles. The number of hydrogen-bond donors (Lipinski definition) is 1. The summed E-state index contributed by atoms with van der Waals surface area (Å²) in [4.78, 5) is 12.1. The molecule has 0 bridgehead atoms. The second kappa shape index (κ2) is 20.9. The van der Waals surface area contributed by atoms with E-state index >= 15 is 0 Å². The predicted molar refractivity (Wildman–Crippen MR) is 214 cm³/mol. The van der Waals surface area contributed by atoms with Gasteiger partial charge in [0.1, 0.15) is 18.0 Å². The van der Waals surface area contributed by atoms with Gasteiger partial charge in [-0.3, -0.25) is 4.79 Å². The van der Waals surface area contributed by atoms with Crippen molar-refractivity contribution in [3.8, 4) is 5.75 Å². The summed E-state index contributed by atoms with van der Waals surface area (Å²) in [5.41, 5.74) is 4.94. The van der Waals surface area contributed by atoms with Gasteiger partial charge in [0.05, 0.1) is 39.1 Å². The van der Waals surface area contributed by atoms with E-state index in [9.17, 15) is 9.90 Å². The van der Waals surface area contributed by atoms with Crippen molar-refractivity contribution in [2.24, 2.45) is 5.92 Å². The molecular formula is C46H51ClO8. The highest BCUT2D eigenvalue weighted by Gasteiger charge is 2.50. The van der Waals surface area contributed by atoms with E-state index in [4.69, 9.17) is 40.0 Å². The molecule has 8 nitrogen and oxygen atoms in total.